The monoisotopic (exact) mass is 632 g/mol. The standard InChI is InChI=1S/C45H34N3O/c1-4-37(46-22-13-18-29-28(3)47-23-12-11-19-38(47)31-15-6-5-14-30(29)31)34-25-35-36-26-42-43(33-17-8-10-21-41(33)49-42)44-32-16-7-9-20-39(32)48(45(36)44)40(35)24-27(34)2/h4-17,19-26,28-29H,1,18H2,2-3H3/q+1/b22-13+,46-37?. The molecule has 5 aromatic carbocycles. The second-order valence-electron chi connectivity index (χ2n) is 13.4. The van der Waals surface area contributed by atoms with Gasteiger partial charge in [0.2, 0.25) is 5.69 Å². The molecule has 0 amide bonds. The van der Waals surface area contributed by atoms with E-state index in [1.54, 1.807) is 0 Å². The molecule has 1 aliphatic heterocycles. The Balaban J connectivity index is 1.09. The molecule has 0 N–H and O–H groups in total. The quantitative estimate of drug-likeness (QED) is 0.137. The summed E-state index contributed by atoms with van der Waals surface area (Å²) >= 11 is 0. The van der Waals surface area contributed by atoms with Gasteiger partial charge in [-0.15, -0.1) is 0 Å². The molecule has 2 unspecified atom stereocenters. The van der Waals surface area contributed by atoms with Crippen molar-refractivity contribution in [2.24, 2.45) is 4.99 Å². The third kappa shape index (κ3) is 3.92. The molecule has 0 saturated carbocycles. The summed E-state index contributed by atoms with van der Waals surface area (Å²) in [7, 11) is 0. The molecular formula is C45H34N3O+. The number of nitrogens with zero attached hydrogens (tertiary/aromatic N) is 3. The predicted octanol–water partition coefficient (Wildman–Crippen LogP) is 11.2. The van der Waals surface area contributed by atoms with E-state index in [2.05, 4.69) is 145 Å². The Hall–Kier alpha value is -6.00. The van der Waals surface area contributed by atoms with Crippen molar-refractivity contribution in [3.63, 3.8) is 0 Å². The lowest BCUT2D eigenvalue weighted by Gasteiger charge is -2.27. The van der Waals surface area contributed by atoms with Gasteiger partial charge in [0.25, 0.3) is 0 Å². The van der Waals surface area contributed by atoms with Crippen molar-refractivity contribution in [2.75, 3.05) is 0 Å². The lowest BCUT2D eigenvalue weighted by atomic mass is 9.82. The van der Waals surface area contributed by atoms with Gasteiger partial charge in [-0.2, -0.15) is 4.57 Å². The van der Waals surface area contributed by atoms with Gasteiger partial charge in [0.1, 0.15) is 11.2 Å². The minimum absolute atomic E-state index is 0.340. The van der Waals surface area contributed by atoms with Crippen LogP contribution in [0.5, 0.6) is 0 Å². The van der Waals surface area contributed by atoms with E-state index in [0.29, 0.717) is 12.0 Å². The van der Waals surface area contributed by atoms with Gasteiger partial charge in [0, 0.05) is 61.8 Å². The number of hydrogen-bond donors (Lipinski definition) is 0. The van der Waals surface area contributed by atoms with E-state index < -0.39 is 0 Å². The molecule has 0 saturated heterocycles. The number of hydrogen-bond acceptors (Lipinski definition) is 2. The summed E-state index contributed by atoms with van der Waals surface area (Å²) in [6.07, 6.45) is 9.17. The maximum atomic E-state index is 6.49. The Labute approximate surface area is 283 Å². The first-order valence-corrected chi connectivity index (χ1v) is 17.1. The molecular weight excluding hydrogens is 599 g/mol. The average Bonchev–Trinajstić information content (AvgIpc) is 3.78. The van der Waals surface area contributed by atoms with Crippen LogP contribution in [-0.2, 0) is 0 Å². The summed E-state index contributed by atoms with van der Waals surface area (Å²) in [6, 6.07) is 39.6. The Morgan fingerprint density at radius 3 is 2.51 bits per heavy atom. The molecule has 2 atom stereocenters. The van der Waals surface area contributed by atoms with Gasteiger partial charge in [-0.1, -0.05) is 67.3 Å². The molecule has 49 heavy (non-hydrogen) atoms. The predicted molar refractivity (Wildman–Crippen MR) is 203 cm³/mol. The van der Waals surface area contributed by atoms with E-state index in [1.807, 2.05) is 18.3 Å². The molecule has 5 heterocycles. The van der Waals surface area contributed by atoms with Crippen LogP contribution in [0.15, 0.2) is 150 Å². The number of pyridine rings is 1. The zero-order valence-corrected chi connectivity index (χ0v) is 27.5. The highest BCUT2D eigenvalue weighted by Gasteiger charge is 2.35. The summed E-state index contributed by atoms with van der Waals surface area (Å²) in [4.78, 5) is 5.01. The van der Waals surface area contributed by atoms with Gasteiger partial charge < -0.3 is 8.82 Å². The van der Waals surface area contributed by atoms with Gasteiger partial charge in [0.15, 0.2) is 12.2 Å². The van der Waals surface area contributed by atoms with E-state index >= 15 is 0 Å². The molecule has 4 heteroatoms. The fourth-order valence-corrected chi connectivity index (χ4v) is 8.64. The summed E-state index contributed by atoms with van der Waals surface area (Å²) in [5.41, 5.74) is 12.6. The first-order valence-electron chi connectivity index (χ1n) is 17.1. The fourth-order valence-electron chi connectivity index (χ4n) is 8.64. The Morgan fingerprint density at radius 2 is 1.61 bits per heavy atom. The van der Waals surface area contributed by atoms with Gasteiger partial charge in [-0.3, -0.25) is 4.99 Å². The molecule has 0 bridgehead atoms. The first-order chi connectivity index (χ1) is 24.1. The van der Waals surface area contributed by atoms with Crippen LogP contribution in [0.25, 0.3) is 71.3 Å². The van der Waals surface area contributed by atoms with Crippen molar-refractivity contribution in [1.82, 2.24) is 4.40 Å². The first kappa shape index (κ1) is 28.1. The normalized spacial score (nSPS) is 16.6. The summed E-state index contributed by atoms with van der Waals surface area (Å²) < 4.78 is 11.3. The smallest absolute Gasteiger partial charge is 0.213 e. The number of aliphatic imine (C=N–C) groups is 1. The molecule has 4 nitrogen and oxygen atoms in total. The summed E-state index contributed by atoms with van der Waals surface area (Å²) in [5, 5.41) is 7.22. The van der Waals surface area contributed by atoms with Crippen molar-refractivity contribution in [2.45, 2.75) is 32.2 Å². The van der Waals surface area contributed by atoms with Crippen molar-refractivity contribution in [3.05, 3.63) is 157 Å². The van der Waals surface area contributed by atoms with E-state index in [1.165, 1.54) is 65.9 Å². The Morgan fingerprint density at radius 1 is 0.816 bits per heavy atom. The summed E-state index contributed by atoms with van der Waals surface area (Å²) in [5.74, 6) is 0.358. The number of rotatable bonds is 5. The van der Waals surface area contributed by atoms with Gasteiger partial charge in [-0.25, -0.2) is 0 Å². The second-order valence-corrected chi connectivity index (χ2v) is 13.4. The molecule has 1 aliphatic rings. The molecule has 0 fully saturated rings. The molecule has 9 aromatic rings. The van der Waals surface area contributed by atoms with Crippen LogP contribution in [0.1, 0.15) is 42.0 Å². The number of para-hydroxylation sites is 2. The number of allylic oxidation sites excluding steroid dienone is 2. The van der Waals surface area contributed by atoms with Crippen molar-refractivity contribution in [3.8, 4) is 11.3 Å². The molecule has 0 spiro atoms. The number of aryl methyl sites for hydroxylation is 1. The summed E-state index contributed by atoms with van der Waals surface area (Å²) in [6.45, 7) is 8.70. The zero-order chi connectivity index (χ0) is 32.8. The lowest BCUT2D eigenvalue weighted by Crippen LogP contribution is -2.45. The third-order valence-electron chi connectivity index (χ3n) is 10.9. The highest BCUT2D eigenvalue weighted by Crippen LogP contribution is 2.46. The van der Waals surface area contributed by atoms with Gasteiger partial charge in [0.05, 0.1) is 28.2 Å². The average molecular weight is 633 g/mol. The Bertz CT molecular complexity index is 2860. The molecule has 0 aliphatic carbocycles. The van der Waals surface area contributed by atoms with Crippen LogP contribution in [-0.4, -0.2) is 10.1 Å². The number of furan rings is 1. The maximum Gasteiger partial charge on any atom is 0.213 e. The minimum atomic E-state index is 0.340. The minimum Gasteiger partial charge on any atom is -0.456 e. The Kier molecular flexibility index (Phi) is 6.01. The largest absolute Gasteiger partial charge is 0.456 e. The van der Waals surface area contributed by atoms with Crippen LogP contribution in [0.3, 0.4) is 0 Å². The van der Waals surface area contributed by atoms with E-state index in [-0.39, 0.29) is 0 Å². The van der Waals surface area contributed by atoms with Gasteiger partial charge in [-0.05, 0) is 79.9 Å². The van der Waals surface area contributed by atoms with Crippen molar-refractivity contribution < 1.29 is 8.98 Å². The topological polar surface area (TPSA) is 33.8 Å². The fraction of sp³-hybridized carbons (Fsp3) is 0.111. The van der Waals surface area contributed by atoms with Crippen LogP contribution in [0.2, 0.25) is 0 Å². The van der Waals surface area contributed by atoms with Crippen molar-refractivity contribution in [1.29, 1.82) is 0 Å². The molecule has 234 valence electrons. The van der Waals surface area contributed by atoms with E-state index in [0.717, 1.165) is 34.2 Å². The number of benzene rings is 5. The molecule has 10 rings (SSSR count). The van der Waals surface area contributed by atoms with E-state index in [9.17, 15) is 0 Å². The number of aromatic nitrogens is 2. The second kappa shape index (κ2) is 10.5. The van der Waals surface area contributed by atoms with Crippen LogP contribution >= 0.6 is 0 Å². The molecule has 4 aromatic heterocycles. The third-order valence-corrected chi connectivity index (χ3v) is 10.9. The van der Waals surface area contributed by atoms with Crippen LogP contribution < -0.4 is 4.57 Å². The van der Waals surface area contributed by atoms with Crippen molar-refractivity contribution >= 4 is 65.7 Å². The number of fused-ring (bicyclic) bond motifs is 13. The molecule has 0 radical (unpaired) electrons. The lowest BCUT2D eigenvalue weighted by molar-refractivity contribution is -0.714. The van der Waals surface area contributed by atoms with Crippen LogP contribution in [0.4, 0.5) is 0 Å². The van der Waals surface area contributed by atoms with E-state index in [4.69, 9.17) is 9.41 Å². The maximum absolute atomic E-state index is 6.49. The van der Waals surface area contributed by atoms with Gasteiger partial charge >= 0.3 is 0 Å². The SMILES string of the molecule is C=CC(=N/C=C/CC1c2ccccc2-c2cccc[n+]2C1C)c1cc2c3cc4oc5ccccc5c4c4c5ccccc5n(c2cc1C)c34. The highest BCUT2D eigenvalue weighted by molar-refractivity contribution is 6.35. The highest BCUT2D eigenvalue weighted by atomic mass is 16.3. The zero-order valence-electron chi connectivity index (χ0n) is 27.5. The van der Waals surface area contributed by atoms with Crippen LogP contribution in [0, 0.1) is 6.92 Å².